The van der Waals surface area contributed by atoms with Gasteiger partial charge in [0.2, 0.25) is 5.91 Å². The van der Waals surface area contributed by atoms with Crippen molar-refractivity contribution in [3.8, 4) is 18.1 Å². The number of hydrogen-bond acceptors (Lipinski definition) is 9. The number of aromatic nitrogens is 2. The van der Waals surface area contributed by atoms with E-state index in [1.807, 2.05) is 12.1 Å². The van der Waals surface area contributed by atoms with Crippen LogP contribution in [0.25, 0.3) is 0 Å². The fourth-order valence-electron chi connectivity index (χ4n) is 7.38. The zero-order valence-electron chi connectivity index (χ0n) is 25.0. The van der Waals surface area contributed by atoms with Gasteiger partial charge in [-0.2, -0.15) is 20.5 Å². The van der Waals surface area contributed by atoms with Crippen LogP contribution in [0.4, 0.5) is 11.5 Å². The molecule has 0 saturated carbocycles. The number of fused-ring (bicyclic) bond motifs is 2. The van der Waals surface area contributed by atoms with Crippen molar-refractivity contribution in [3.63, 3.8) is 0 Å². The van der Waals surface area contributed by atoms with Crippen LogP contribution in [0, 0.1) is 22.7 Å². The predicted molar refractivity (Wildman–Crippen MR) is 164 cm³/mol. The number of benzene rings is 1. The maximum Gasteiger partial charge on any atom is 0.318 e. The van der Waals surface area contributed by atoms with E-state index in [2.05, 4.69) is 46.5 Å². The van der Waals surface area contributed by atoms with Crippen molar-refractivity contribution in [1.29, 1.82) is 10.5 Å². The van der Waals surface area contributed by atoms with Crippen LogP contribution in [0.15, 0.2) is 30.9 Å². The average molecular weight is 581 g/mol. The summed E-state index contributed by atoms with van der Waals surface area (Å²) in [4.78, 5) is 31.3. The number of likely N-dealkylation sites (tertiary alicyclic amines) is 1. The van der Waals surface area contributed by atoms with E-state index in [1.165, 1.54) is 18.1 Å². The van der Waals surface area contributed by atoms with Gasteiger partial charge in [0, 0.05) is 50.2 Å². The van der Waals surface area contributed by atoms with Gasteiger partial charge in [0.25, 0.3) is 0 Å². The number of anilines is 2. The Morgan fingerprint density at radius 3 is 2.77 bits per heavy atom. The summed E-state index contributed by atoms with van der Waals surface area (Å²) in [6.45, 7) is 7.84. The Morgan fingerprint density at radius 1 is 1.12 bits per heavy atom. The molecule has 2 fully saturated rings. The summed E-state index contributed by atoms with van der Waals surface area (Å²) in [7, 11) is 2.14. The van der Waals surface area contributed by atoms with Gasteiger partial charge in [-0.1, -0.05) is 18.7 Å². The number of carbonyl (C=O) groups excluding carboxylic acids is 1. The Balaban J connectivity index is 1.31. The number of nitrogens with zero attached hydrogens (tertiary/aromatic N) is 8. The van der Waals surface area contributed by atoms with Gasteiger partial charge in [-0.25, -0.2) is 0 Å². The lowest BCUT2D eigenvalue weighted by molar-refractivity contribution is -0.128. The van der Waals surface area contributed by atoms with Crippen LogP contribution in [0.5, 0.6) is 6.01 Å². The molecule has 0 radical (unpaired) electrons. The Bertz CT molecular complexity index is 1460. The second-order valence-corrected chi connectivity index (χ2v) is 12.2. The van der Waals surface area contributed by atoms with Crippen molar-refractivity contribution >= 4 is 17.4 Å². The normalized spacial score (nSPS) is 23.6. The van der Waals surface area contributed by atoms with Gasteiger partial charge >= 0.3 is 6.01 Å². The molecule has 43 heavy (non-hydrogen) atoms. The first-order chi connectivity index (χ1) is 21.0. The lowest BCUT2D eigenvalue weighted by Gasteiger charge is -2.43. The molecular weight excluding hydrogens is 540 g/mol. The molecule has 1 aromatic carbocycles. The van der Waals surface area contributed by atoms with Gasteiger partial charge in [-0.05, 0) is 69.8 Å². The molecule has 0 unspecified atom stereocenters. The Hall–Kier alpha value is -4.15. The van der Waals surface area contributed by atoms with Crippen LogP contribution < -0.4 is 14.5 Å². The lowest BCUT2D eigenvalue weighted by atomic mass is 9.88. The Kier molecular flexibility index (Phi) is 8.49. The third-order valence-corrected chi connectivity index (χ3v) is 9.66. The molecule has 6 rings (SSSR count). The number of likely N-dealkylation sites (N-methyl/N-ethyl adjacent to an activating group) is 1. The van der Waals surface area contributed by atoms with Crippen molar-refractivity contribution < 1.29 is 9.53 Å². The Labute approximate surface area is 254 Å². The van der Waals surface area contributed by atoms with Crippen LogP contribution in [0.1, 0.15) is 54.5 Å². The van der Waals surface area contributed by atoms with Gasteiger partial charge in [-0.3, -0.25) is 4.79 Å². The topological polar surface area (TPSA) is 113 Å². The Morgan fingerprint density at radius 2 is 2.00 bits per heavy atom. The molecule has 1 amide bonds. The smallest absolute Gasteiger partial charge is 0.318 e. The number of hydrogen-bond donors (Lipinski definition) is 0. The zero-order valence-corrected chi connectivity index (χ0v) is 25.0. The summed E-state index contributed by atoms with van der Waals surface area (Å²) in [6, 6.07) is 11.5. The molecule has 10 heteroatoms. The van der Waals surface area contributed by atoms with Gasteiger partial charge < -0.3 is 24.3 Å². The summed E-state index contributed by atoms with van der Waals surface area (Å²) in [5.74, 6) is 0.722. The van der Waals surface area contributed by atoms with Crippen LogP contribution in [-0.4, -0.2) is 90.2 Å². The van der Waals surface area contributed by atoms with E-state index in [-0.39, 0.29) is 24.4 Å². The SMILES string of the molecule is C=CC(=O)N1CCN(c2nc(OC[C@@H]3CCCN3C)nc3c2CC[C@@H](N2CCCc4cccc(C#N)c42)C3)C[C@@H]1CC#N. The fraction of sp³-hybridized carbons (Fsp3) is 0.545. The molecule has 10 nitrogen and oxygen atoms in total. The van der Waals surface area contributed by atoms with E-state index in [4.69, 9.17) is 14.7 Å². The summed E-state index contributed by atoms with van der Waals surface area (Å²) >= 11 is 0. The minimum atomic E-state index is -0.239. The standard InChI is InChI=1S/C33H40N8O2/c1-3-30(42)40-18-17-39(21-26(40)13-14-34)32-28-12-11-25(41-16-5-9-23-7-4-8-24(20-35)31(23)41)19-29(28)36-33(37-32)43-22-27-10-6-15-38(27)2/h3-4,7-8,25-27H,1,5-6,9-13,15-19,21-22H2,2H3/t25-,26+,27+/m1/s1. The second kappa shape index (κ2) is 12.6. The maximum atomic E-state index is 12.5. The van der Waals surface area contributed by atoms with Crippen LogP contribution >= 0.6 is 0 Å². The number of para-hydroxylation sites is 1. The monoisotopic (exact) mass is 580 g/mol. The largest absolute Gasteiger partial charge is 0.462 e. The number of piperazine rings is 1. The van der Waals surface area contributed by atoms with E-state index in [1.54, 1.807) is 4.90 Å². The predicted octanol–water partition coefficient (Wildman–Crippen LogP) is 3.25. The molecule has 2 aromatic rings. The number of ether oxygens (including phenoxy) is 1. The molecule has 0 bridgehead atoms. The molecule has 3 aliphatic heterocycles. The molecular formula is C33H40N8O2. The van der Waals surface area contributed by atoms with Crippen LogP contribution in [0.2, 0.25) is 0 Å². The van der Waals surface area contributed by atoms with E-state index in [9.17, 15) is 15.3 Å². The minimum absolute atomic E-state index is 0.143. The van der Waals surface area contributed by atoms with E-state index < -0.39 is 0 Å². The van der Waals surface area contributed by atoms with Gasteiger partial charge in [-0.15, -0.1) is 0 Å². The van der Waals surface area contributed by atoms with Crippen LogP contribution in [0.3, 0.4) is 0 Å². The molecule has 1 aliphatic carbocycles. The highest BCUT2D eigenvalue weighted by atomic mass is 16.5. The molecule has 4 aliphatic rings. The highest BCUT2D eigenvalue weighted by Gasteiger charge is 2.36. The van der Waals surface area contributed by atoms with Gasteiger partial charge in [0.05, 0.1) is 35.5 Å². The summed E-state index contributed by atoms with van der Waals surface area (Å²) in [5, 5.41) is 19.4. The van der Waals surface area contributed by atoms with E-state index in [0.29, 0.717) is 38.3 Å². The average Bonchev–Trinajstić information content (AvgIpc) is 3.46. The lowest BCUT2D eigenvalue weighted by Crippen LogP contribution is -2.55. The van der Waals surface area contributed by atoms with E-state index in [0.717, 1.165) is 79.9 Å². The van der Waals surface area contributed by atoms with Gasteiger partial charge in [0.1, 0.15) is 18.5 Å². The molecule has 0 N–H and O–H groups in total. The van der Waals surface area contributed by atoms with Crippen molar-refractivity contribution in [2.75, 3.05) is 56.2 Å². The summed E-state index contributed by atoms with van der Waals surface area (Å²) in [6.07, 6.45) is 8.40. The molecule has 0 spiro atoms. The molecule has 1 aromatic heterocycles. The van der Waals surface area contributed by atoms with E-state index >= 15 is 0 Å². The van der Waals surface area contributed by atoms with Crippen molar-refractivity contribution in [3.05, 3.63) is 53.2 Å². The molecule has 4 heterocycles. The molecule has 224 valence electrons. The first kappa shape index (κ1) is 28.9. The second-order valence-electron chi connectivity index (χ2n) is 12.2. The first-order valence-electron chi connectivity index (χ1n) is 15.6. The number of carbonyl (C=O) groups is 1. The number of aryl methyl sites for hydroxylation is 1. The number of nitriles is 2. The molecule has 3 atom stereocenters. The van der Waals surface area contributed by atoms with Crippen molar-refractivity contribution in [2.24, 2.45) is 0 Å². The zero-order chi connectivity index (χ0) is 29.9. The summed E-state index contributed by atoms with van der Waals surface area (Å²) in [5.41, 5.74) is 5.21. The maximum absolute atomic E-state index is 12.5. The third-order valence-electron chi connectivity index (χ3n) is 9.66. The third kappa shape index (κ3) is 5.77. The van der Waals surface area contributed by atoms with Crippen molar-refractivity contribution in [2.45, 2.75) is 69.5 Å². The van der Waals surface area contributed by atoms with Gasteiger partial charge in [0.15, 0.2) is 0 Å². The number of amides is 1. The summed E-state index contributed by atoms with van der Waals surface area (Å²) < 4.78 is 6.31. The highest BCUT2D eigenvalue weighted by molar-refractivity contribution is 5.87. The first-order valence-corrected chi connectivity index (χ1v) is 15.6. The minimum Gasteiger partial charge on any atom is -0.462 e. The molecule has 2 saturated heterocycles. The van der Waals surface area contributed by atoms with Crippen LogP contribution in [-0.2, 0) is 24.1 Å². The fourth-order valence-corrected chi connectivity index (χ4v) is 7.38. The number of rotatable bonds is 7. The van der Waals surface area contributed by atoms with Crippen molar-refractivity contribution in [1.82, 2.24) is 19.8 Å². The highest BCUT2D eigenvalue weighted by Crippen LogP contribution is 2.38. The quantitative estimate of drug-likeness (QED) is 0.456.